The summed E-state index contributed by atoms with van der Waals surface area (Å²) in [5.41, 5.74) is 0.260. The average Bonchev–Trinajstić information content (AvgIpc) is 2.16. The van der Waals surface area contributed by atoms with Gasteiger partial charge in [0.1, 0.15) is 23.4 Å². The lowest BCUT2D eigenvalue weighted by atomic mass is 10.2. The minimum Gasteiger partial charge on any atom is -0.486 e. The molecule has 1 aliphatic heterocycles. The van der Waals surface area contributed by atoms with Crippen LogP contribution in [0.15, 0.2) is 12.1 Å². The zero-order chi connectivity index (χ0) is 10.1. The number of rotatable bonds is 1. The zero-order valence-electron chi connectivity index (χ0n) is 7.81. The Balaban J connectivity index is 2.37. The van der Waals surface area contributed by atoms with E-state index in [-0.39, 0.29) is 17.5 Å². The lowest BCUT2D eigenvalue weighted by molar-refractivity contribution is 0.199. The van der Waals surface area contributed by atoms with Gasteiger partial charge in [-0.3, -0.25) is 0 Å². The molecule has 0 saturated heterocycles. The monoisotopic (exact) mass is 199 g/mol. The zero-order valence-corrected chi connectivity index (χ0v) is 7.81. The molecule has 0 radical (unpaired) electrons. The minimum absolute atomic E-state index is 0.0105. The summed E-state index contributed by atoms with van der Waals surface area (Å²) < 4.78 is 31.4. The van der Waals surface area contributed by atoms with Gasteiger partial charge in [-0.05, 0) is 6.42 Å². The Hall–Kier alpha value is -1.32. The molecule has 76 valence electrons. The van der Waals surface area contributed by atoms with Gasteiger partial charge in [0.15, 0.2) is 5.82 Å². The molecule has 1 aromatic carbocycles. The van der Waals surface area contributed by atoms with Crippen LogP contribution in [-0.2, 0) is 0 Å². The number of hydrogen-bond acceptors (Lipinski definition) is 2. The topological polar surface area (TPSA) is 21.3 Å². The van der Waals surface area contributed by atoms with Gasteiger partial charge in [-0.2, -0.15) is 0 Å². The molecule has 1 atom stereocenters. The molecule has 0 aromatic heterocycles. The Morgan fingerprint density at radius 1 is 1.50 bits per heavy atom. The largest absolute Gasteiger partial charge is 0.486 e. The van der Waals surface area contributed by atoms with E-state index >= 15 is 0 Å². The number of hydrogen-bond donors (Lipinski definition) is 1. The fourth-order valence-corrected chi connectivity index (χ4v) is 1.48. The molecular weight excluding hydrogens is 188 g/mol. The van der Waals surface area contributed by atoms with Gasteiger partial charge in [0, 0.05) is 12.1 Å². The van der Waals surface area contributed by atoms with Crippen LogP contribution in [0.25, 0.3) is 0 Å². The number of fused-ring (bicyclic) bond motifs is 1. The molecule has 0 fully saturated rings. The van der Waals surface area contributed by atoms with Gasteiger partial charge in [-0.15, -0.1) is 0 Å². The summed E-state index contributed by atoms with van der Waals surface area (Å²) in [5.74, 6) is -0.949. The maximum Gasteiger partial charge on any atom is 0.153 e. The van der Waals surface area contributed by atoms with E-state index in [1.807, 2.05) is 6.92 Å². The molecule has 0 saturated carbocycles. The number of halogens is 2. The summed E-state index contributed by atoms with van der Waals surface area (Å²) in [6, 6.07) is 2.05. The van der Waals surface area contributed by atoms with Crippen LogP contribution in [-0.4, -0.2) is 12.6 Å². The molecule has 1 aliphatic rings. The molecule has 0 amide bonds. The summed E-state index contributed by atoms with van der Waals surface area (Å²) in [6.07, 6.45) is 0.800. The second kappa shape index (κ2) is 3.44. The highest BCUT2D eigenvalue weighted by atomic mass is 19.1. The quantitative estimate of drug-likeness (QED) is 0.750. The fraction of sp³-hybridized carbons (Fsp3) is 0.400. The number of nitrogens with one attached hydrogen (secondary N) is 1. The van der Waals surface area contributed by atoms with E-state index in [9.17, 15) is 8.78 Å². The van der Waals surface area contributed by atoms with Crippen LogP contribution in [0.3, 0.4) is 0 Å². The second-order valence-electron chi connectivity index (χ2n) is 3.29. The van der Waals surface area contributed by atoms with Crippen molar-refractivity contribution in [2.75, 3.05) is 11.9 Å². The van der Waals surface area contributed by atoms with Crippen LogP contribution in [0, 0.1) is 11.6 Å². The predicted octanol–water partition coefficient (Wildman–Crippen LogP) is 2.55. The van der Waals surface area contributed by atoms with E-state index in [0.717, 1.165) is 12.5 Å². The van der Waals surface area contributed by atoms with Gasteiger partial charge in [0.05, 0.1) is 6.54 Å². The molecule has 4 heteroatoms. The number of benzene rings is 1. The van der Waals surface area contributed by atoms with E-state index in [4.69, 9.17) is 4.74 Å². The summed E-state index contributed by atoms with van der Waals surface area (Å²) in [5, 5.41) is 2.89. The highest BCUT2D eigenvalue weighted by Crippen LogP contribution is 2.32. The Kier molecular flexibility index (Phi) is 2.27. The molecule has 0 spiro atoms. The van der Waals surface area contributed by atoms with Crippen LogP contribution in [0.5, 0.6) is 5.75 Å². The summed E-state index contributed by atoms with van der Waals surface area (Å²) in [6.45, 7) is 2.53. The van der Waals surface area contributed by atoms with E-state index in [2.05, 4.69) is 5.32 Å². The van der Waals surface area contributed by atoms with Crippen LogP contribution in [0.1, 0.15) is 13.3 Å². The van der Waals surface area contributed by atoms with Crippen LogP contribution in [0.2, 0.25) is 0 Å². The first-order chi connectivity index (χ1) is 6.70. The van der Waals surface area contributed by atoms with Gasteiger partial charge in [-0.25, -0.2) is 8.78 Å². The summed E-state index contributed by atoms with van der Waals surface area (Å²) in [7, 11) is 0. The smallest absolute Gasteiger partial charge is 0.153 e. The molecule has 1 N–H and O–H groups in total. The van der Waals surface area contributed by atoms with Crippen molar-refractivity contribution in [3.05, 3.63) is 23.8 Å². The van der Waals surface area contributed by atoms with Crippen molar-refractivity contribution in [2.45, 2.75) is 19.4 Å². The van der Waals surface area contributed by atoms with Gasteiger partial charge < -0.3 is 10.1 Å². The summed E-state index contributed by atoms with van der Waals surface area (Å²) >= 11 is 0. The van der Waals surface area contributed by atoms with E-state index < -0.39 is 11.6 Å². The van der Waals surface area contributed by atoms with Crippen molar-refractivity contribution >= 4 is 5.69 Å². The Labute approximate surface area is 80.9 Å². The SMILES string of the molecule is CCC1CNc2c(F)cc(F)cc2O1. The van der Waals surface area contributed by atoms with Gasteiger partial charge in [0.25, 0.3) is 0 Å². The number of ether oxygens (including phenoxy) is 1. The normalized spacial score (nSPS) is 19.5. The highest BCUT2D eigenvalue weighted by molar-refractivity contribution is 5.59. The van der Waals surface area contributed by atoms with Crippen molar-refractivity contribution in [1.82, 2.24) is 0 Å². The van der Waals surface area contributed by atoms with Crippen molar-refractivity contribution in [3.8, 4) is 5.75 Å². The van der Waals surface area contributed by atoms with E-state index in [1.165, 1.54) is 6.07 Å². The molecule has 0 aliphatic carbocycles. The highest BCUT2D eigenvalue weighted by Gasteiger charge is 2.21. The Morgan fingerprint density at radius 3 is 3.00 bits per heavy atom. The maximum absolute atomic E-state index is 13.2. The minimum atomic E-state index is -0.611. The van der Waals surface area contributed by atoms with Gasteiger partial charge >= 0.3 is 0 Å². The standard InChI is InChI=1S/C10H11F2NO/c1-2-7-5-13-10-8(12)3-6(11)4-9(10)14-7/h3-4,7,13H,2,5H2,1H3. The molecule has 1 heterocycles. The molecular formula is C10H11F2NO. The molecule has 2 rings (SSSR count). The van der Waals surface area contributed by atoms with Crippen LogP contribution < -0.4 is 10.1 Å². The number of anilines is 1. The first-order valence-corrected chi connectivity index (χ1v) is 4.60. The van der Waals surface area contributed by atoms with Crippen molar-refractivity contribution in [2.24, 2.45) is 0 Å². The van der Waals surface area contributed by atoms with Crippen molar-refractivity contribution in [1.29, 1.82) is 0 Å². The maximum atomic E-state index is 13.2. The second-order valence-corrected chi connectivity index (χ2v) is 3.29. The molecule has 0 bridgehead atoms. The lowest BCUT2D eigenvalue weighted by Crippen LogP contribution is -2.30. The van der Waals surface area contributed by atoms with Gasteiger partial charge in [-0.1, -0.05) is 6.92 Å². The first-order valence-electron chi connectivity index (χ1n) is 4.60. The first kappa shape index (κ1) is 9.24. The third kappa shape index (κ3) is 1.52. The molecule has 14 heavy (non-hydrogen) atoms. The predicted molar refractivity (Wildman–Crippen MR) is 49.6 cm³/mol. The Bertz CT molecular complexity index is 354. The summed E-state index contributed by atoms with van der Waals surface area (Å²) in [4.78, 5) is 0. The molecule has 1 aromatic rings. The van der Waals surface area contributed by atoms with E-state index in [1.54, 1.807) is 0 Å². The van der Waals surface area contributed by atoms with Gasteiger partial charge in [0.2, 0.25) is 0 Å². The van der Waals surface area contributed by atoms with Crippen molar-refractivity contribution < 1.29 is 13.5 Å². The van der Waals surface area contributed by atoms with E-state index in [0.29, 0.717) is 6.54 Å². The Morgan fingerprint density at radius 2 is 2.29 bits per heavy atom. The van der Waals surface area contributed by atoms with Crippen LogP contribution in [0.4, 0.5) is 14.5 Å². The lowest BCUT2D eigenvalue weighted by Gasteiger charge is -2.26. The van der Waals surface area contributed by atoms with Crippen molar-refractivity contribution in [3.63, 3.8) is 0 Å². The fourth-order valence-electron chi connectivity index (χ4n) is 1.48. The average molecular weight is 199 g/mol. The van der Waals surface area contributed by atoms with Crippen LogP contribution >= 0.6 is 0 Å². The third-order valence-electron chi connectivity index (χ3n) is 2.27. The third-order valence-corrected chi connectivity index (χ3v) is 2.27. The molecule has 1 unspecified atom stereocenters. The molecule has 2 nitrogen and oxygen atoms in total.